The van der Waals surface area contributed by atoms with Crippen molar-refractivity contribution in [3.63, 3.8) is 0 Å². The number of piperazine rings is 1. The van der Waals surface area contributed by atoms with E-state index in [2.05, 4.69) is 10.1 Å². The van der Waals surface area contributed by atoms with Crippen LogP contribution in [-0.2, 0) is 0 Å². The second-order valence-electron chi connectivity index (χ2n) is 6.17. The van der Waals surface area contributed by atoms with Gasteiger partial charge in [0.1, 0.15) is 5.82 Å². The smallest absolute Gasteiger partial charge is 0.324 e. The van der Waals surface area contributed by atoms with E-state index in [1.54, 1.807) is 29.2 Å². The molecule has 1 saturated heterocycles. The van der Waals surface area contributed by atoms with Gasteiger partial charge in [-0.2, -0.15) is 4.98 Å². The summed E-state index contributed by atoms with van der Waals surface area (Å²) in [5.74, 6) is -0.332. The minimum absolute atomic E-state index is 0.0914. The first-order valence-corrected chi connectivity index (χ1v) is 8.88. The van der Waals surface area contributed by atoms with E-state index < -0.39 is 5.82 Å². The zero-order valence-electron chi connectivity index (χ0n) is 14.3. The number of carbonyl (C=O) groups excluding carboxylic acids is 1. The fourth-order valence-corrected chi connectivity index (χ4v) is 3.09. The van der Waals surface area contributed by atoms with Crippen LogP contribution in [0.2, 0.25) is 5.02 Å². The van der Waals surface area contributed by atoms with Crippen LogP contribution in [0.1, 0.15) is 10.4 Å². The monoisotopic (exact) mass is 386 g/mol. The Bertz CT molecular complexity index is 952. The molecule has 0 radical (unpaired) electrons. The summed E-state index contributed by atoms with van der Waals surface area (Å²) < 4.78 is 19.2. The van der Waals surface area contributed by atoms with Crippen molar-refractivity contribution in [1.29, 1.82) is 0 Å². The highest BCUT2D eigenvalue weighted by atomic mass is 35.5. The third kappa shape index (κ3) is 3.64. The highest BCUT2D eigenvalue weighted by molar-refractivity contribution is 6.30. The van der Waals surface area contributed by atoms with E-state index in [4.69, 9.17) is 16.1 Å². The molecule has 1 amide bonds. The third-order valence-corrected chi connectivity index (χ3v) is 4.71. The number of carbonyl (C=O) groups is 1. The molecule has 6 nitrogen and oxygen atoms in total. The van der Waals surface area contributed by atoms with Crippen molar-refractivity contribution in [2.75, 3.05) is 31.1 Å². The molecule has 0 bridgehead atoms. The summed E-state index contributed by atoms with van der Waals surface area (Å²) in [6, 6.07) is 13.6. The number of halogens is 2. The van der Waals surface area contributed by atoms with E-state index in [0.717, 1.165) is 5.56 Å². The molecule has 0 spiro atoms. The summed E-state index contributed by atoms with van der Waals surface area (Å²) in [6.07, 6.45) is 0. The van der Waals surface area contributed by atoms with Crippen LogP contribution in [0.3, 0.4) is 0 Å². The second-order valence-corrected chi connectivity index (χ2v) is 6.60. The van der Waals surface area contributed by atoms with Crippen molar-refractivity contribution in [2.45, 2.75) is 0 Å². The first-order chi connectivity index (χ1) is 13.1. The third-order valence-electron chi connectivity index (χ3n) is 4.46. The summed E-state index contributed by atoms with van der Waals surface area (Å²) >= 11 is 5.89. The van der Waals surface area contributed by atoms with E-state index >= 15 is 0 Å². The van der Waals surface area contributed by atoms with Crippen molar-refractivity contribution >= 4 is 23.5 Å². The molecule has 138 valence electrons. The zero-order chi connectivity index (χ0) is 18.8. The van der Waals surface area contributed by atoms with Crippen LogP contribution in [0.5, 0.6) is 0 Å². The quantitative estimate of drug-likeness (QED) is 0.689. The number of hydrogen-bond donors (Lipinski definition) is 0. The Hall–Kier alpha value is -2.93. The van der Waals surface area contributed by atoms with Crippen LogP contribution in [0.4, 0.5) is 10.4 Å². The molecule has 0 atom stereocenters. The maximum atomic E-state index is 13.8. The molecule has 1 aromatic heterocycles. The van der Waals surface area contributed by atoms with E-state index in [-0.39, 0.29) is 11.5 Å². The van der Waals surface area contributed by atoms with Gasteiger partial charge in [-0.25, -0.2) is 4.39 Å². The minimum atomic E-state index is -0.505. The summed E-state index contributed by atoms with van der Waals surface area (Å²) in [7, 11) is 0. The molecule has 1 aliphatic rings. The van der Waals surface area contributed by atoms with Crippen molar-refractivity contribution in [3.8, 4) is 11.4 Å². The van der Waals surface area contributed by atoms with Gasteiger partial charge in [0, 0.05) is 36.8 Å². The van der Waals surface area contributed by atoms with Gasteiger partial charge in [-0.1, -0.05) is 28.9 Å². The molecular formula is C19H16ClFN4O2. The first kappa shape index (κ1) is 17.5. The molecule has 1 fully saturated rings. The molecule has 0 saturated carbocycles. The zero-order valence-corrected chi connectivity index (χ0v) is 15.1. The van der Waals surface area contributed by atoms with Crippen LogP contribution in [0.25, 0.3) is 11.4 Å². The lowest BCUT2D eigenvalue weighted by atomic mass is 10.1. The van der Waals surface area contributed by atoms with Crippen molar-refractivity contribution < 1.29 is 13.7 Å². The van der Waals surface area contributed by atoms with E-state index in [0.29, 0.717) is 43.0 Å². The van der Waals surface area contributed by atoms with E-state index in [9.17, 15) is 9.18 Å². The molecule has 27 heavy (non-hydrogen) atoms. The predicted molar refractivity (Wildman–Crippen MR) is 99.3 cm³/mol. The van der Waals surface area contributed by atoms with Crippen molar-refractivity contribution in [2.24, 2.45) is 0 Å². The Morgan fingerprint density at radius 1 is 1.04 bits per heavy atom. The van der Waals surface area contributed by atoms with Gasteiger partial charge in [0.05, 0.1) is 5.56 Å². The number of anilines is 1. The lowest BCUT2D eigenvalue weighted by molar-refractivity contribution is 0.0740. The van der Waals surface area contributed by atoms with Gasteiger partial charge in [-0.05, 0) is 36.4 Å². The molecule has 0 unspecified atom stereocenters. The van der Waals surface area contributed by atoms with Crippen LogP contribution < -0.4 is 4.90 Å². The molecule has 4 rings (SSSR count). The summed E-state index contributed by atoms with van der Waals surface area (Å²) in [5.41, 5.74) is 0.900. The predicted octanol–water partition coefficient (Wildman–Crippen LogP) is 3.49. The average molecular weight is 387 g/mol. The maximum Gasteiger partial charge on any atom is 0.324 e. The second kappa shape index (κ2) is 7.36. The van der Waals surface area contributed by atoms with Crippen LogP contribution >= 0.6 is 11.6 Å². The molecule has 3 aromatic rings. The molecule has 2 aromatic carbocycles. The number of rotatable bonds is 3. The van der Waals surface area contributed by atoms with Crippen molar-refractivity contribution in [1.82, 2.24) is 15.0 Å². The molecule has 0 N–H and O–H groups in total. The largest absolute Gasteiger partial charge is 0.335 e. The van der Waals surface area contributed by atoms with Gasteiger partial charge < -0.3 is 14.3 Å². The Morgan fingerprint density at radius 3 is 2.44 bits per heavy atom. The SMILES string of the molecule is O=C(c1ccccc1F)N1CCN(c2nc(-c3ccc(Cl)cc3)no2)CC1. The maximum absolute atomic E-state index is 13.8. The number of benzene rings is 2. The number of aromatic nitrogens is 2. The van der Waals surface area contributed by atoms with Gasteiger partial charge in [-0.15, -0.1) is 0 Å². The average Bonchev–Trinajstić information content (AvgIpc) is 3.19. The molecule has 8 heteroatoms. The van der Waals surface area contributed by atoms with Crippen molar-refractivity contribution in [3.05, 3.63) is 64.9 Å². The lowest BCUT2D eigenvalue weighted by Gasteiger charge is -2.33. The number of hydrogen-bond acceptors (Lipinski definition) is 5. The van der Waals surface area contributed by atoms with E-state index in [1.807, 2.05) is 17.0 Å². The fourth-order valence-electron chi connectivity index (χ4n) is 2.97. The molecule has 0 aliphatic carbocycles. The Balaban J connectivity index is 1.42. The van der Waals surface area contributed by atoms with Gasteiger partial charge in [0.25, 0.3) is 5.91 Å². The minimum Gasteiger partial charge on any atom is -0.335 e. The highest BCUT2D eigenvalue weighted by Gasteiger charge is 2.26. The summed E-state index contributed by atoms with van der Waals surface area (Å²) in [4.78, 5) is 20.4. The molecule has 2 heterocycles. The Morgan fingerprint density at radius 2 is 1.74 bits per heavy atom. The van der Waals surface area contributed by atoms with Gasteiger partial charge >= 0.3 is 6.01 Å². The standard InChI is InChI=1S/C19H16ClFN4O2/c20-14-7-5-13(6-8-14)17-22-19(27-23-17)25-11-9-24(10-12-25)18(26)15-3-1-2-4-16(15)21/h1-8H,9-12H2. The van der Waals surface area contributed by atoms with Crippen LogP contribution in [0.15, 0.2) is 53.1 Å². The Kier molecular flexibility index (Phi) is 4.77. The molecular weight excluding hydrogens is 371 g/mol. The number of nitrogens with zero attached hydrogens (tertiary/aromatic N) is 4. The highest BCUT2D eigenvalue weighted by Crippen LogP contribution is 2.22. The lowest BCUT2D eigenvalue weighted by Crippen LogP contribution is -2.49. The normalized spacial score (nSPS) is 14.4. The van der Waals surface area contributed by atoms with Gasteiger partial charge in [-0.3, -0.25) is 4.79 Å². The molecule has 1 aliphatic heterocycles. The summed E-state index contributed by atoms with van der Waals surface area (Å²) in [5, 5.41) is 4.64. The van der Waals surface area contributed by atoms with Gasteiger partial charge in [0.2, 0.25) is 5.82 Å². The topological polar surface area (TPSA) is 62.5 Å². The van der Waals surface area contributed by atoms with Gasteiger partial charge in [0.15, 0.2) is 0 Å². The summed E-state index contributed by atoms with van der Waals surface area (Å²) in [6.45, 7) is 1.96. The Labute approximate surface area is 160 Å². The van der Waals surface area contributed by atoms with E-state index in [1.165, 1.54) is 12.1 Å². The van der Waals surface area contributed by atoms with Crippen LogP contribution in [0, 0.1) is 5.82 Å². The fraction of sp³-hybridized carbons (Fsp3) is 0.211. The number of amides is 1. The van der Waals surface area contributed by atoms with Crippen LogP contribution in [-0.4, -0.2) is 47.1 Å². The first-order valence-electron chi connectivity index (χ1n) is 8.50.